The lowest BCUT2D eigenvalue weighted by molar-refractivity contribution is -0.127. The van der Waals surface area contributed by atoms with Gasteiger partial charge in [-0.15, -0.1) is 11.3 Å². The molecule has 1 N–H and O–H groups in total. The van der Waals surface area contributed by atoms with E-state index in [-0.39, 0.29) is 5.91 Å². The normalized spacial score (nSPS) is 12.0. The fourth-order valence-corrected chi connectivity index (χ4v) is 2.67. The molecule has 1 heterocycles. The predicted molar refractivity (Wildman–Crippen MR) is 89.6 cm³/mol. The Kier molecular flexibility index (Phi) is 5.55. The van der Waals surface area contributed by atoms with Crippen molar-refractivity contribution in [3.63, 3.8) is 0 Å². The van der Waals surface area contributed by atoms with Crippen LogP contribution in [0.15, 0.2) is 23.6 Å². The summed E-state index contributed by atoms with van der Waals surface area (Å²) in [4.78, 5) is 16.4. The van der Waals surface area contributed by atoms with Crippen molar-refractivity contribution in [3.05, 3.63) is 45.4 Å². The maximum Gasteiger partial charge on any atom is 0.260 e. The van der Waals surface area contributed by atoms with Gasteiger partial charge in [-0.25, -0.2) is 4.98 Å². The second-order valence-corrected chi connectivity index (χ2v) is 6.47. The van der Waals surface area contributed by atoms with E-state index >= 15 is 0 Å². The van der Waals surface area contributed by atoms with E-state index < -0.39 is 6.10 Å². The van der Waals surface area contributed by atoms with Crippen LogP contribution in [0.4, 0.5) is 0 Å². The lowest BCUT2D eigenvalue weighted by Crippen LogP contribution is -2.37. The zero-order chi connectivity index (χ0) is 16.1. The van der Waals surface area contributed by atoms with Crippen LogP contribution in [0.25, 0.3) is 0 Å². The average molecular weight is 318 g/mol. The molecule has 1 unspecified atom stereocenters. The van der Waals surface area contributed by atoms with Gasteiger partial charge in [-0.3, -0.25) is 4.79 Å². The second kappa shape index (κ2) is 7.40. The Balaban J connectivity index is 1.80. The van der Waals surface area contributed by atoms with Gasteiger partial charge in [0.05, 0.1) is 10.7 Å². The molecule has 2 rings (SSSR count). The molecule has 0 aliphatic heterocycles. The van der Waals surface area contributed by atoms with Crippen LogP contribution in [0.3, 0.4) is 0 Å². The topological polar surface area (TPSA) is 51.2 Å². The molecule has 118 valence electrons. The Morgan fingerprint density at radius 3 is 2.73 bits per heavy atom. The van der Waals surface area contributed by atoms with Gasteiger partial charge in [0.25, 0.3) is 5.91 Å². The smallest absolute Gasteiger partial charge is 0.260 e. The highest BCUT2D eigenvalue weighted by Crippen LogP contribution is 2.17. The first-order chi connectivity index (χ1) is 10.5. The summed E-state index contributed by atoms with van der Waals surface area (Å²) in [5, 5.41) is 5.96. The Bertz CT molecular complexity index is 652. The molecule has 0 saturated carbocycles. The molecule has 1 atom stereocenters. The summed E-state index contributed by atoms with van der Waals surface area (Å²) in [6, 6.07) is 5.85. The van der Waals surface area contributed by atoms with Crippen LogP contribution in [0.2, 0.25) is 0 Å². The van der Waals surface area contributed by atoms with E-state index in [4.69, 9.17) is 4.74 Å². The van der Waals surface area contributed by atoms with Crippen molar-refractivity contribution >= 4 is 17.2 Å². The zero-order valence-corrected chi connectivity index (χ0v) is 14.3. The minimum Gasteiger partial charge on any atom is -0.481 e. The summed E-state index contributed by atoms with van der Waals surface area (Å²) in [6.07, 6.45) is 0.228. The average Bonchev–Trinajstić information content (AvgIpc) is 2.88. The van der Waals surface area contributed by atoms with Crippen molar-refractivity contribution in [2.24, 2.45) is 0 Å². The number of carbonyl (C=O) groups is 1. The molecular formula is C17H22N2O2S. The highest BCUT2D eigenvalue weighted by atomic mass is 32.1. The Morgan fingerprint density at radius 2 is 2.09 bits per heavy atom. The van der Waals surface area contributed by atoms with Crippen LogP contribution in [0, 0.1) is 20.8 Å². The van der Waals surface area contributed by atoms with E-state index in [1.807, 2.05) is 37.4 Å². The minimum absolute atomic E-state index is 0.106. The van der Waals surface area contributed by atoms with Gasteiger partial charge in [0, 0.05) is 18.3 Å². The predicted octanol–water partition coefficient (Wildman–Crippen LogP) is 3.19. The molecule has 0 radical (unpaired) electrons. The second-order valence-electron chi connectivity index (χ2n) is 5.41. The number of nitrogens with one attached hydrogen (secondary N) is 1. The van der Waals surface area contributed by atoms with E-state index in [1.165, 1.54) is 5.56 Å². The summed E-state index contributed by atoms with van der Waals surface area (Å²) in [7, 11) is 0. The Labute approximate surface area is 135 Å². The van der Waals surface area contributed by atoms with Crippen LogP contribution in [0.1, 0.15) is 28.8 Å². The van der Waals surface area contributed by atoms with Crippen molar-refractivity contribution < 1.29 is 9.53 Å². The number of nitrogens with zero attached hydrogens (tertiary/aromatic N) is 1. The van der Waals surface area contributed by atoms with Crippen molar-refractivity contribution in [1.82, 2.24) is 10.3 Å². The molecule has 2 aromatic rings. The van der Waals surface area contributed by atoms with Crippen LogP contribution in [-0.2, 0) is 11.2 Å². The molecule has 1 aromatic heterocycles. The number of ether oxygens (including phenoxy) is 1. The molecule has 0 saturated heterocycles. The number of carbonyl (C=O) groups excluding carboxylic acids is 1. The number of aromatic nitrogens is 1. The van der Waals surface area contributed by atoms with Crippen LogP contribution >= 0.6 is 11.3 Å². The number of hydrogen-bond donors (Lipinski definition) is 1. The Hall–Kier alpha value is -1.88. The van der Waals surface area contributed by atoms with Gasteiger partial charge in [-0.2, -0.15) is 0 Å². The lowest BCUT2D eigenvalue weighted by atomic mass is 10.1. The third kappa shape index (κ3) is 4.56. The number of rotatable bonds is 6. The van der Waals surface area contributed by atoms with Crippen molar-refractivity contribution in [2.75, 3.05) is 6.54 Å². The first kappa shape index (κ1) is 16.5. The number of benzene rings is 1. The molecule has 5 heteroatoms. The van der Waals surface area contributed by atoms with Crippen LogP contribution < -0.4 is 10.1 Å². The van der Waals surface area contributed by atoms with Crippen molar-refractivity contribution in [3.8, 4) is 5.75 Å². The highest BCUT2D eigenvalue weighted by molar-refractivity contribution is 7.09. The quantitative estimate of drug-likeness (QED) is 0.890. The SMILES string of the molecule is Cc1nc(CCNC(=O)C(C)Oc2ccc(C)c(C)c2)cs1. The molecule has 22 heavy (non-hydrogen) atoms. The molecular weight excluding hydrogens is 296 g/mol. The number of hydrogen-bond acceptors (Lipinski definition) is 4. The van der Waals surface area contributed by atoms with Gasteiger partial charge in [0.2, 0.25) is 0 Å². The van der Waals surface area contributed by atoms with Crippen LogP contribution in [-0.4, -0.2) is 23.5 Å². The standard InChI is InChI=1S/C17H22N2O2S/c1-11-5-6-16(9-12(11)2)21-13(3)17(20)18-8-7-15-10-22-14(4)19-15/h5-6,9-10,13H,7-8H2,1-4H3,(H,18,20). The van der Waals surface area contributed by atoms with Gasteiger partial charge >= 0.3 is 0 Å². The Morgan fingerprint density at radius 1 is 1.32 bits per heavy atom. The third-order valence-electron chi connectivity index (χ3n) is 3.51. The number of amides is 1. The molecule has 0 aliphatic carbocycles. The summed E-state index contributed by atoms with van der Waals surface area (Å²) >= 11 is 1.63. The van der Waals surface area contributed by atoms with Crippen molar-refractivity contribution in [2.45, 2.75) is 40.2 Å². The van der Waals surface area contributed by atoms with Gasteiger partial charge in [0.15, 0.2) is 6.10 Å². The highest BCUT2D eigenvalue weighted by Gasteiger charge is 2.14. The number of aryl methyl sites for hydroxylation is 3. The van der Waals surface area contributed by atoms with E-state index in [9.17, 15) is 4.79 Å². The molecule has 1 amide bonds. The molecule has 0 fully saturated rings. The summed E-state index contributed by atoms with van der Waals surface area (Å²) < 4.78 is 5.69. The van der Waals surface area contributed by atoms with Gasteiger partial charge in [-0.1, -0.05) is 6.07 Å². The van der Waals surface area contributed by atoms with E-state index in [0.717, 1.165) is 28.4 Å². The fourth-order valence-electron chi connectivity index (χ4n) is 2.03. The molecule has 0 aliphatic rings. The first-order valence-electron chi connectivity index (χ1n) is 7.38. The third-order valence-corrected chi connectivity index (χ3v) is 4.33. The minimum atomic E-state index is -0.515. The molecule has 4 nitrogen and oxygen atoms in total. The number of thiazole rings is 1. The monoisotopic (exact) mass is 318 g/mol. The summed E-state index contributed by atoms with van der Waals surface area (Å²) in [5.41, 5.74) is 3.39. The van der Waals surface area contributed by atoms with Gasteiger partial charge in [0.1, 0.15) is 5.75 Å². The first-order valence-corrected chi connectivity index (χ1v) is 8.26. The maximum atomic E-state index is 12.0. The molecule has 0 spiro atoms. The molecule has 1 aromatic carbocycles. The fraction of sp³-hybridized carbons (Fsp3) is 0.412. The van der Waals surface area contributed by atoms with E-state index in [2.05, 4.69) is 17.2 Å². The van der Waals surface area contributed by atoms with Gasteiger partial charge in [-0.05, 0) is 51.0 Å². The zero-order valence-electron chi connectivity index (χ0n) is 13.5. The summed E-state index contributed by atoms with van der Waals surface area (Å²) in [5.74, 6) is 0.617. The van der Waals surface area contributed by atoms with Crippen LogP contribution in [0.5, 0.6) is 5.75 Å². The summed E-state index contributed by atoms with van der Waals surface area (Å²) in [6.45, 7) is 8.39. The van der Waals surface area contributed by atoms with Gasteiger partial charge < -0.3 is 10.1 Å². The van der Waals surface area contributed by atoms with E-state index in [0.29, 0.717) is 6.54 Å². The van der Waals surface area contributed by atoms with E-state index in [1.54, 1.807) is 18.3 Å². The maximum absolute atomic E-state index is 12.0. The lowest BCUT2D eigenvalue weighted by Gasteiger charge is -2.15. The molecule has 0 bridgehead atoms. The largest absolute Gasteiger partial charge is 0.481 e. The van der Waals surface area contributed by atoms with Crippen molar-refractivity contribution in [1.29, 1.82) is 0 Å².